The molecule has 1 heterocycles. The minimum atomic E-state index is -0.708. The second-order valence-electron chi connectivity index (χ2n) is 4.26. The number of aryl methyl sites for hydroxylation is 2. The Morgan fingerprint density at radius 3 is 2.94 bits per heavy atom. The summed E-state index contributed by atoms with van der Waals surface area (Å²) in [5.74, 6) is 0. The zero-order chi connectivity index (χ0) is 13.1. The molecular weight excluding hydrogens is 294 g/mol. The van der Waals surface area contributed by atoms with Crippen molar-refractivity contribution in [1.29, 1.82) is 0 Å². The minimum absolute atomic E-state index is 0.708. The number of rotatable bonds is 4. The smallest absolute Gasteiger partial charge is 0.123 e. The van der Waals surface area contributed by atoms with Gasteiger partial charge in [-0.15, -0.1) is 5.10 Å². The largest absolute Gasteiger partial charge is 0.382 e. The van der Waals surface area contributed by atoms with Crippen molar-refractivity contribution in [3.63, 3.8) is 0 Å². The van der Waals surface area contributed by atoms with Gasteiger partial charge in [0.1, 0.15) is 6.10 Å². The monoisotopic (exact) mass is 309 g/mol. The molecule has 0 saturated heterocycles. The number of hydrogen-bond donors (Lipinski definition) is 1. The maximum atomic E-state index is 10.5. The summed E-state index contributed by atoms with van der Waals surface area (Å²) in [6.07, 6.45) is 1.87. The molecule has 0 fully saturated rings. The highest BCUT2D eigenvalue weighted by Gasteiger charge is 2.19. The summed E-state index contributed by atoms with van der Waals surface area (Å²) >= 11 is 3.52. The summed E-state index contributed by atoms with van der Waals surface area (Å²) in [7, 11) is 0. The van der Waals surface area contributed by atoms with Gasteiger partial charge in [-0.3, -0.25) is 0 Å². The van der Waals surface area contributed by atoms with Gasteiger partial charge in [-0.25, -0.2) is 4.68 Å². The Labute approximate surface area is 115 Å². The van der Waals surface area contributed by atoms with Crippen LogP contribution in [0, 0.1) is 6.92 Å². The number of aromatic nitrogens is 3. The van der Waals surface area contributed by atoms with Gasteiger partial charge >= 0.3 is 0 Å². The molecule has 0 spiro atoms. The Hall–Kier alpha value is -1.20. The predicted octanol–water partition coefficient (Wildman–Crippen LogP) is 2.84. The van der Waals surface area contributed by atoms with Crippen LogP contribution in [0.5, 0.6) is 0 Å². The van der Waals surface area contributed by atoms with Crippen molar-refractivity contribution in [1.82, 2.24) is 15.0 Å². The maximum Gasteiger partial charge on any atom is 0.123 e. The molecule has 4 nitrogen and oxygen atoms in total. The lowest BCUT2D eigenvalue weighted by atomic mass is 10.0. The van der Waals surface area contributed by atoms with Gasteiger partial charge in [0.2, 0.25) is 0 Å². The third-order valence-electron chi connectivity index (χ3n) is 2.88. The fourth-order valence-corrected chi connectivity index (χ4v) is 2.38. The van der Waals surface area contributed by atoms with Crippen LogP contribution in [-0.4, -0.2) is 20.1 Å². The first-order valence-electron chi connectivity index (χ1n) is 5.96. The molecule has 1 N–H and O–H groups in total. The van der Waals surface area contributed by atoms with Crippen molar-refractivity contribution in [2.45, 2.75) is 32.9 Å². The van der Waals surface area contributed by atoms with Gasteiger partial charge < -0.3 is 5.11 Å². The molecule has 96 valence electrons. The van der Waals surface area contributed by atoms with E-state index in [4.69, 9.17) is 0 Å². The standard InChI is InChI=1S/C13H16BrN3O/c1-3-7-17-11(8-15-16-17)13(18)10-6-4-5-9(2)12(10)14/h4-6,8,13,18H,3,7H2,1-2H3. The normalized spacial score (nSPS) is 12.7. The molecule has 0 radical (unpaired) electrons. The van der Waals surface area contributed by atoms with Crippen molar-refractivity contribution in [2.75, 3.05) is 0 Å². The zero-order valence-electron chi connectivity index (χ0n) is 10.5. The summed E-state index contributed by atoms with van der Waals surface area (Å²) in [5.41, 5.74) is 2.67. The zero-order valence-corrected chi connectivity index (χ0v) is 12.1. The molecule has 1 aromatic heterocycles. The Morgan fingerprint density at radius 1 is 1.44 bits per heavy atom. The molecule has 18 heavy (non-hydrogen) atoms. The maximum absolute atomic E-state index is 10.5. The summed E-state index contributed by atoms with van der Waals surface area (Å²) in [6, 6.07) is 5.85. The number of nitrogens with zero attached hydrogens (tertiary/aromatic N) is 3. The lowest BCUT2D eigenvalue weighted by molar-refractivity contribution is 0.206. The molecule has 0 bridgehead atoms. The highest BCUT2D eigenvalue weighted by molar-refractivity contribution is 9.10. The van der Waals surface area contributed by atoms with E-state index >= 15 is 0 Å². The van der Waals surface area contributed by atoms with Crippen molar-refractivity contribution < 1.29 is 5.11 Å². The molecule has 2 aromatic rings. The lowest BCUT2D eigenvalue weighted by Crippen LogP contribution is -2.10. The van der Waals surface area contributed by atoms with Crippen LogP contribution in [0.25, 0.3) is 0 Å². The Kier molecular flexibility index (Phi) is 4.14. The number of hydrogen-bond acceptors (Lipinski definition) is 3. The van der Waals surface area contributed by atoms with Crippen LogP contribution in [0.1, 0.15) is 36.3 Å². The molecule has 2 rings (SSSR count). The van der Waals surface area contributed by atoms with Crippen molar-refractivity contribution in [3.8, 4) is 0 Å². The number of halogens is 1. The summed E-state index contributed by atoms with van der Waals surface area (Å²) in [4.78, 5) is 0. The van der Waals surface area contributed by atoms with E-state index in [2.05, 4.69) is 33.2 Å². The van der Waals surface area contributed by atoms with Gasteiger partial charge in [-0.1, -0.05) is 46.3 Å². The molecule has 0 aliphatic rings. The van der Waals surface area contributed by atoms with Gasteiger partial charge in [0, 0.05) is 16.6 Å². The quantitative estimate of drug-likeness (QED) is 0.945. The van der Waals surface area contributed by atoms with E-state index in [1.165, 1.54) is 0 Å². The van der Waals surface area contributed by atoms with E-state index in [1.54, 1.807) is 10.9 Å². The van der Waals surface area contributed by atoms with Crippen LogP contribution in [-0.2, 0) is 6.54 Å². The van der Waals surface area contributed by atoms with Crippen LogP contribution in [0.4, 0.5) is 0 Å². The third kappa shape index (κ3) is 2.47. The van der Waals surface area contributed by atoms with Crippen molar-refractivity contribution in [3.05, 3.63) is 45.7 Å². The summed E-state index contributed by atoms with van der Waals surface area (Å²) in [6.45, 7) is 4.83. The molecular formula is C13H16BrN3O. The van der Waals surface area contributed by atoms with E-state index in [-0.39, 0.29) is 0 Å². The summed E-state index contributed by atoms with van der Waals surface area (Å²) < 4.78 is 2.68. The molecule has 1 atom stereocenters. The molecule has 0 aliphatic carbocycles. The molecule has 0 amide bonds. The van der Waals surface area contributed by atoms with Gasteiger partial charge in [0.05, 0.1) is 11.9 Å². The van der Waals surface area contributed by atoms with Crippen LogP contribution in [0.3, 0.4) is 0 Å². The topological polar surface area (TPSA) is 50.9 Å². The molecule has 5 heteroatoms. The predicted molar refractivity (Wildman–Crippen MR) is 73.3 cm³/mol. The van der Waals surface area contributed by atoms with Gasteiger partial charge in [-0.05, 0) is 18.9 Å². The first kappa shape index (κ1) is 13.2. The van der Waals surface area contributed by atoms with Crippen LogP contribution in [0.15, 0.2) is 28.9 Å². The highest BCUT2D eigenvalue weighted by atomic mass is 79.9. The Balaban J connectivity index is 2.38. The number of aliphatic hydroxyl groups is 1. The van der Waals surface area contributed by atoms with E-state index in [0.717, 1.165) is 34.3 Å². The van der Waals surface area contributed by atoms with Crippen molar-refractivity contribution >= 4 is 15.9 Å². The van der Waals surface area contributed by atoms with Crippen LogP contribution >= 0.6 is 15.9 Å². The van der Waals surface area contributed by atoms with Gasteiger partial charge in [-0.2, -0.15) is 0 Å². The average molecular weight is 310 g/mol. The minimum Gasteiger partial charge on any atom is -0.382 e. The van der Waals surface area contributed by atoms with Crippen LogP contribution < -0.4 is 0 Å². The first-order valence-corrected chi connectivity index (χ1v) is 6.76. The molecule has 0 saturated carbocycles. The number of aliphatic hydroxyl groups excluding tert-OH is 1. The fourth-order valence-electron chi connectivity index (χ4n) is 1.90. The highest BCUT2D eigenvalue weighted by Crippen LogP contribution is 2.30. The lowest BCUT2D eigenvalue weighted by Gasteiger charge is -2.15. The van der Waals surface area contributed by atoms with Gasteiger partial charge in [0.15, 0.2) is 0 Å². The molecule has 1 unspecified atom stereocenters. The van der Waals surface area contributed by atoms with Crippen molar-refractivity contribution in [2.24, 2.45) is 0 Å². The Morgan fingerprint density at radius 2 is 2.22 bits per heavy atom. The van der Waals surface area contributed by atoms with Crippen LogP contribution in [0.2, 0.25) is 0 Å². The third-order valence-corrected chi connectivity index (χ3v) is 3.96. The SMILES string of the molecule is CCCn1nncc1C(O)c1cccc(C)c1Br. The number of benzene rings is 1. The first-order chi connectivity index (χ1) is 8.65. The average Bonchev–Trinajstić information content (AvgIpc) is 2.80. The fraction of sp³-hybridized carbons (Fsp3) is 0.385. The second kappa shape index (κ2) is 5.63. The molecule has 1 aromatic carbocycles. The molecule has 0 aliphatic heterocycles. The second-order valence-corrected chi connectivity index (χ2v) is 5.06. The van der Waals surface area contributed by atoms with E-state index in [1.807, 2.05) is 25.1 Å². The van der Waals surface area contributed by atoms with E-state index < -0.39 is 6.10 Å². The van der Waals surface area contributed by atoms with E-state index in [9.17, 15) is 5.11 Å². The van der Waals surface area contributed by atoms with Gasteiger partial charge in [0.25, 0.3) is 0 Å². The summed E-state index contributed by atoms with van der Waals surface area (Å²) in [5, 5.41) is 18.3. The Bertz CT molecular complexity index is 539. The van der Waals surface area contributed by atoms with E-state index in [0.29, 0.717) is 0 Å².